The summed E-state index contributed by atoms with van der Waals surface area (Å²) >= 11 is 0. The van der Waals surface area contributed by atoms with E-state index >= 15 is 0 Å². The van der Waals surface area contributed by atoms with Gasteiger partial charge < -0.3 is 0 Å². The van der Waals surface area contributed by atoms with Crippen LogP contribution in [0.3, 0.4) is 0 Å². The second-order valence-electron chi connectivity index (χ2n) is 7.07. The molecular formula is C14H22. The van der Waals surface area contributed by atoms with Crippen LogP contribution in [0, 0.1) is 22.7 Å². The van der Waals surface area contributed by atoms with Gasteiger partial charge in [0.2, 0.25) is 0 Å². The third-order valence-electron chi connectivity index (χ3n) is 6.12. The summed E-state index contributed by atoms with van der Waals surface area (Å²) in [5.74, 6) is 2.35. The molecule has 0 nitrogen and oxygen atoms in total. The predicted octanol–water partition coefficient (Wildman–Crippen LogP) is 4.15. The molecule has 4 saturated carbocycles. The van der Waals surface area contributed by atoms with Crippen molar-refractivity contribution in [3.05, 3.63) is 0 Å². The molecule has 1 unspecified atom stereocenters. The van der Waals surface area contributed by atoms with Gasteiger partial charge in [-0.15, -0.1) is 0 Å². The molecule has 0 bridgehead atoms. The Bertz CT molecular complexity index is 232. The molecule has 0 aromatic heterocycles. The van der Waals surface area contributed by atoms with Crippen molar-refractivity contribution in [2.45, 2.75) is 64.2 Å². The first-order valence-electron chi connectivity index (χ1n) is 6.79. The molecule has 0 aliphatic heterocycles. The molecule has 2 spiro atoms. The highest BCUT2D eigenvalue weighted by molar-refractivity contribution is 5.11. The summed E-state index contributed by atoms with van der Waals surface area (Å²) < 4.78 is 0. The van der Waals surface area contributed by atoms with Gasteiger partial charge in [-0.3, -0.25) is 0 Å². The average molecular weight is 190 g/mol. The van der Waals surface area contributed by atoms with E-state index in [4.69, 9.17) is 0 Å². The molecule has 0 radical (unpaired) electrons. The standard InChI is InChI=1S/C14H22/c1-3-11-7-14(8-12(11)4-1)9-13(10-14)5-2-6-13/h11-12H,1-10H2/t11-,12?/m0/s1. The summed E-state index contributed by atoms with van der Waals surface area (Å²) in [7, 11) is 0. The van der Waals surface area contributed by atoms with Gasteiger partial charge in [0.15, 0.2) is 0 Å². The highest BCUT2D eigenvalue weighted by Crippen LogP contribution is 2.72. The Balaban J connectivity index is 1.49. The molecule has 2 atom stereocenters. The van der Waals surface area contributed by atoms with Gasteiger partial charge >= 0.3 is 0 Å². The summed E-state index contributed by atoms with van der Waals surface area (Å²) in [5.41, 5.74) is 1.81. The van der Waals surface area contributed by atoms with E-state index in [0.29, 0.717) is 0 Å². The minimum absolute atomic E-state index is 0.899. The Kier molecular flexibility index (Phi) is 1.40. The molecular weight excluding hydrogens is 168 g/mol. The number of hydrogen-bond acceptors (Lipinski definition) is 0. The van der Waals surface area contributed by atoms with Gasteiger partial charge in [0.25, 0.3) is 0 Å². The predicted molar refractivity (Wildman–Crippen MR) is 58.0 cm³/mol. The monoisotopic (exact) mass is 190 g/mol. The summed E-state index contributed by atoms with van der Waals surface area (Å²) in [6.07, 6.45) is 16.0. The molecule has 0 heteroatoms. The van der Waals surface area contributed by atoms with Crippen LogP contribution in [0.15, 0.2) is 0 Å². The van der Waals surface area contributed by atoms with Crippen LogP contribution in [-0.4, -0.2) is 0 Å². The highest BCUT2D eigenvalue weighted by atomic mass is 14.7. The molecule has 4 fully saturated rings. The first-order valence-corrected chi connectivity index (χ1v) is 6.79. The zero-order valence-electron chi connectivity index (χ0n) is 9.23. The van der Waals surface area contributed by atoms with Crippen molar-refractivity contribution in [2.75, 3.05) is 0 Å². The molecule has 14 heavy (non-hydrogen) atoms. The fourth-order valence-electron chi connectivity index (χ4n) is 5.71. The van der Waals surface area contributed by atoms with Gasteiger partial charge in [0, 0.05) is 0 Å². The lowest BCUT2D eigenvalue weighted by atomic mass is 9.44. The van der Waals surface area contributed by atoms with Crippen molar-refractivity contribution in [1.82, 2.24) is 0 Å². The Morgan fingerprint density at radius 2 is 1.36 bits per heavy atom. The zero-order valence-corrected chi connectivity index (χ0v) is 9.23. The summed E-state index contributed by atoms with van der Waals surface area (Å²) in [6, 6.07) is 0. The molecule has 4 aliphatic carbocycles. The van der Waals surface area contributed by atoms with Crippen molar-refractivity contribution >= 4 is 0 Å². The minimum Gasteiger partial charge on any atom is -0.0528 e. The topological polar surface area (TPSA) is 0 Å². The molecule has 4 rings (SSSR count). The van der Waals surface area contributed by atoms with Crippen LogP contribution in [0.25, 0.3) is 0 Å². The van der Waals surface area contributed by atoms with E-state index in [0.717, 1.165) is 10.8 Å². The van der Waals surface area contributed by atoms with Crippen LogP contribution in [0.5, 0.6) is 0 Å². The van der Waals surface area contributed by atoms with Gasteiger partial charge in [-0.1, -0.05) is 25.7 Å². The molecule has 0 heterocycles. The van der Waals surface area contributed by atoms with E-state index in [9.17, 15) is 0 Å². The summed E-state index contributed by atoms with van der Waals surface area (Å²) in [6.45, 7) is 0. The van der Waals surface area contributed by atoms with E-state index in [1.165, 1.54) is 11.8 Å². The first-order chi connectivity index (χ1) is 6.79. The van der Waals surface area contributed by atoms with Gasteiger partial charge in [-0.2, -0.15) is 0 Å². The Hall–Kier alpha value is 0. The number of fused-ring (bicyclic) bond motifs is 1. The van der Waals surface area contributed by atoms with Crippen molar-refractivity contribution in [3.63, 3.8) is 0 Å². The first kappa shape index (κ1) is 8.19. The van der Waals surface area contributed by atoms with Crippen LogP contribution in [0.1, 0.15) is 64.2 Å². The fourth-order valence-corrected chi connectivity index (χ4v) is 5.71. The van der Waals surface area contributed by atoms with E-state index in [1.807, 2.05) is 0 Å². The van der Waals surface area contributed by atoms with Gasteiger partial charge in [-0.05, 0) is 61.2 Å². The lowest BCUT2D eigenvalue weighted by molar-refractivity contribution is -0.0967. The second kappa shape index (κ2) is 2.39. The van der Waals surface area contributed by atoms with Crippen LogP contribution in [-0.2, 0) is 0 Å². The lowest BCUT2D eigenvalue weighted by Gasteiger charge is -2.61. The van der Waals surface area contributed by atoms with E-state index in [1.54, 1.807) is 64.2 Å². The summed E-state index contributed by atoms with van der Waals surface area (Å²) in [4.78, 5) is 0. The van der Waals surface area contributed by atoms with Gasteiger partial charge in [0.05, 0.1) is 0 Å². The van der Waals surface area contributed by atoms with Crippen molar-refractivity contribution in [2.24, 2.45) is 22.7 Å². The maximum atomic E-state index is 1.65. The fraction of sp³-hybridized carbons (Fsp3) is 1.00. The van der Waals surface area contributed by atoms with Crippen molar-refractivity contribution in [1.29, 1.82) is 0 Å². The molecule has 78 valence electrons. The van der Waals surface area contributed by atoms with Crippen molar-refractivity contribution in [3.8, 4) is 0 Å². The SMILES string of the molecule is C1CC2CC3(C[C@@H]2C1)CC1(CCC1)C3. The largest absolute Gasteiger partial charge is 0.0528 e. The molecule has 0 N–H and O–H groups in total. The second-order valence-corrected chi connectivity index (χ2v) is 7.07. The normalized spacial score (nSPS) is 46.3. The molecule has 0 saturated heterocycles. The molecule has 0 aromatic rings. The lowest BCUT2D eigenvalue weighted by Crippen LogP contribution is -2.49. The van der Waals surface area contributed by atoms with E-state index < -0.39 is 0 Å². The Labute approximate surface area is 87.5 Å². The smallest absolute Gasteiger partial charge is 0.0281 e. The van der Waals surface area contributed by atoms with Crippen LogP contribution < -0.4 is 0 Å². The third-order valence-corrected chi connectivity index (χ3v) is 6.12. The van der Waals surface area contributed by atoms with Gasteiger partial charge in [0.1, 0.15) is 0 Å². The quantitative estimate of drug-likeness (QED) is 0.538. The van der Waals surface area contributed by atoms with E-state index in [-0.39, 0.29) is 0 Å². The van der Waals surface area contributed by atoms with E-state index in [2.05, 4.69) is 0 Å². The Morgan fingerprint density at radius 1 is 0.714 bits per heavy atom. The maximum absolute atomic E-state index is 1.65. The minimum atomic E-state index is 0.899. The summed E-state index contributed by atoms with van der Waals surface area (Å²) in [5, 5.41) is 0. The van der Waals surface area contributed by atoms with Gasteiger partial charge in [-0.25, -0.2) is 0 Å². The Morgan fingerprint density at radius 3 is 1.86 bits per heavy atom. The third kappa shape index (κ3) is 0.907. The maximum Gasteiger partial charge on any atom is -0.0281 e. The number of rotatable bonds is 0. The molecule has 0 amide bonds. The molecule has 0 aromatic carbocycles. The highest BCUT2D eigenvalue weighted by Gasteiger charge is 2.60. The van der Waals surface area contributed by atoms with Crippen molar-refractivity contribution < 1.29 is 0 Å². The van der Waals surface area contributed by atoms with Crippen LogP contribution >= 0.6 is 0 Å². The zero-order chi connectivity index (χ0) is 9.23. The average Bonchev–Trinajstić information content (AvgIpc) is 2.51. The molecule has 4 aliphatic rings. The van der Waals surface area contributed by atoms with Crippen LogP contribution in [0.4, 0.5) is 0 Å². The number of hydrogen-bond donors (Lipinski definition) is 0. The van der Waals surface area contributed by atoms with Crippen LogP contribution in [0.2, 0.25) is 0 Å².